The normalized spacial score (nSPS) is 13.1. The number of aryl methyl sites for hydroxylation is 1. The second-order valence-corrected chi connectivity index (χ2v) is 3.63. The van der Waals surface area contributed by atoms with Crippen molar-refractivity contribution >= 4 is 0 Å². The predicted molar refractivity (Wildman–Crippen MR) is 57.6 cm³/mol. The summed E-state index contributed by atoms with van der Waals surface area (Å²) in [5, 5.41) is 9.80. The Hall–Kier alpha value is -1.00. The van der Waals surface area contributed by atoms with Crippen molar-refractivity contribution in [2.75, 3.05) is 13.2 Å². The molecule has 4 heteroatoms. The Morgan fingerprint density at radius 2 is 2.00 bits per heavy atom. The van der Waals surface area contributed by atoms with Crippen LogP contribution >= 0.6 is 0 Å². The average molecular weight is 230 g/mol. The SMILES string of the molecule is Cc1ccccc1C(O)CCOCC(F)F. The molecule has 1 atom stereocenters. The number of halogens is 2. The highest BCUT2D eigenvalue weighted by Gasteiger charge is 2.10. The summed E-state index contributed by atoms with van der Waals surface area (Å²) in [7, 11) is 0. The molecule has 0 aliphatic carbocycles. The molecule has 0 saturated heterocycles. The van der Waals surface area contributed by atoms with Gasteiger partial charge in [0.1, 0.15) is 6.61 Å². The number of ether oxygens (including phenoxy) is 1. The highest BCUT2D eigenvalue weighted by Crippen LogP contribution is 2.20. The van der Waals surface area contributed by atoms with Crippen molar-refractivity contribution < 1.29 is 18.6 Å². The van der Waals surface area contributed by atoms with Crippen LogP contribution in [-0.4, -0.2) is 24.7 Å². The number of hydrogen-bond acceptors (Lipinski definition) is 2. The molecule has 1 rings (SSSR count). The van der Waals surface area contributed by atoms with Crippen LogP contribution in [0.1, 0.15) is 23.7 Å². The number of aliphatic hydroxyl groups is 1. The van der Waals surface area contributed by atoms with Crippen molar-refractivity contribution in [3.8, 4) is 0 Å². The van der Waals surface area contributed by atoms with Crippen LogP contribution in [0.5, 0.6) is 0 Å². The minimum Gasteiger partial charge on any atom is -0.388 e. The van der Waals surface area contributed by atoms with E-state index in [1.54, 1.807) is 0 Å². The third kappa shape index (κ3) is 4.24. The van der Waals surface area contributed by atoms with E-state index in [0.29, 0.717) is 6.42 Å². The molecule has 0 fully saturated rings. The van der Waals surface area contributed by atoms with Gasteiger partial charge in [-0.1, -0.05) is 24.3 Å². The molecule has 0 spiro atoms. The summed E-state index contributed by atoms with van der Waals surface area (Å²) in [6.07, 6.45) is -2.77. The van der Waals surface area contributed by atoms with Crippen LogP contribution in [0.2, 0.25) is 0 Å². The molecule has 1 aromatic carbocycles. The van der Waals surface area contributed by atoms with Crippen molar-refractivity contribution in [1.82, 2.24) is 0 Å². The second kappa shape index (κ2) is 6.55. The molecule has 1 unspecified atom stereocenters. The van der Waals surface area contributed by atoms with E-state index in [0.717, 1.165) is 11.1 Å². The standard InChI is InChI=1S/C12H16F2O2/c1-9-4-2-3-5-10(9)11(15)6-7-16-8-12(13)14/h2-5,11-12,15H,6-8H2,1H3. The van der Waals surface area contributed by atoms with Crippen molar-refractivity contribution in [2.45, 2.75) is 25.9 Å². The maximum Gasteiger partial charge on any atom is 0.261 e. The molecule has 1 N–H and O–H groups in total. The van der Waals surface area contributed by atoms with Gasteiger partial charge in [0, 0.05) is 13.0 Å². The molecule has 90 valence electrons. The Kier molecular flexibility index (Phi) is 5.35. The van der Waals surface area contributed by atoms with Gasteiger partial charge in [0.25, 0.3) is 6.43 Å². The van der Waals surface area contributed by atoms with Gasteiger partial charge < -0.3 is 9.84 Å². The molecule has 1 aromatic rings. The monoisotopic (exact) mass is 230 g/mol. The first-order chi connectivity index (χ1) is 7.61. The zero-order valence-electron chi connectivity index (χ0n) is 9.20. The molecule has 0 aliphatic heterocycles. The van der Waals surface area contributed by atoms with Gasteiger partial charge >= 0.3 is 0 Å². The zero-order valence-corrected chi connectivity index (χ0v) is 9.20. The van der Waals surface area contributed by atoms with E-state index in [9.17, 15) is 13.9 Å². The molecule has 0 aliphatic rings. The summed E-state index contributed by atoms with van der Waals surface area (Å²) in [5.74, 6) is 0. The minimum absolute atomic E-state index is 0.139. The Bertz CT molecular complexity index is 316. The summed E-state index contributed by atoms with van der Waals surface area (Å²) in [4.78, 5) is 0. The molecular weight excluding hydrogens is 214 g/mol. The first-order valence-electron chi connectivity index (χ1n) is 5.20. The van der Waals surface area contributed by atoms with Crippen molar-refractivity contribution in [2.24, 2.45) is 0 Å². The van der Waals surface area contributed by atoms with Gasteiger partial charge in [-0.15, -0.1) is 0 Å². The van der Waals surface area contributed by atoms with Gasteiger partial charge in [0.15, 0.2) is 0 Å². The number of rotatable bonds is 6. The first kappa shape index (κ1) is 13.1. The Morgan fingerprint density at radius 3 is 2.62 bits per heavy atom. The molecule has 0 heterocycles. The molecule has 0 radical (unpaired) electrons. The van der Waals surface area contributed by atoms with Gasteiger partial charge in [-0.2, -0.15) is 0 Å². The van der Waals surface area contributed by atoms with Crippen molar-refractivity contribution in [3.63, 3.8) is 0 Å². The van der Waals surface area contributed by atoms with E-state index in [4.69, 9.17) is 4.74 Å². The zero-order chi connectivity index (χ0) is 12.0. The second-order valence-electron chi connectivity index (χ2n) is 3.63. The van der Waals surface area contributed by atoms with E-state index in [1.165, 1.54) is 0 Å². The summed E-state index contributed by atoms with van der Waals surface area (Å²) in [6, 6.07) is 7.45. The molecule has 16 heavy (non-hydrogen) atoms. The topological polar surface area (TPSA) is 29.5 Å². The van der Waals surface area contributed by atoms with Crippen LogP contribution in [-0.2, 0) is 4.74 Å². The smallest absolute Gasteiger partial charge is 0.261 e. The van der Waals surface area contributed by atoms with Crippen LogP contribution in [0.4, 0.5) is 8.78 Å². The maximum atomic E-state index is 11.8. The lowest BCUT2D eigenvalue weighted by atomic mass is 10.0. The lowest BCUT2D eigenvalue weighted by Gasteiger charge is -2.13. The summed E-state index contributed by atoms with van der Waals surface area (Å²) >= 11 is 0. The van der Waals surface area contributed by atoms with Gasteiger partial charge in [-0.25, -0.2) is 8.78 Å². The third-order valence-corrected chi connectivity index (χ3v) is 2.33. The summed E-state index contributed by atoms with van der Waals surface area (Å²) < 4.78 is 28.2. The van der Waals surface area contributed by atoms with Crippen LogP contribution in [0, 0.1) is 6.92 Å². The van der Waals surface area contributed by atoms with Crippen molar-refractivity contribution in [3.05, 3.63) is 35.4 Å². The lowest BCUT2D eigenvalue weighted by molar-refractivity contribution is 0.00475. The molecule has 0 amide bonds. The summed E-state index contributed by atoms with van der Waals surface area (Å²) in [5.41, 5.74) is 1.81. The number of aliphatic hydroxyl groups excluding tert-OH is 1. The first-order valence-corrected chi connectivity index (χ1v) is 5.20. The lowest BCUT2D eigenvalue weighted by Crippen LogP contribution is -2.09. The number of hydrogen-bond donors (Lipinski definition) is 1. The fourth-order valence-electron chi connectivity index (χ4n) is 1.48. The minimum atomic E-state index is -2.45. The quantitative estimate of drug-likeness (QED) is 0.761. The Labute approximate surface area is 93.9 Å². The molecule has 0 saturated carbocycles. The van der Waals surface area contributed by atoms with E-state index < -0.39 is 19.1 Å². The highest BCUT2D eigenvalue weighted by atomic mass is 19.3. The molecule has 2 nitrogen and oxygen atoms in total. The molecule has 0 bridgehead atoms. The van der Waals surface area contributed by atoms with Crippen LogP contribution in [0.3, 0.4) is 0 Å². The fourth-order valence-corrected chi connectivity index (χ4v) is 1.48. The fraction of sp³-hybridized carbons (Fsp3) is 0.500. The van der Waals surface area contributed by atoms with Crippen LogP contribution < -0.4 is 0 Å². The van der Waals surface area contributed by atoms with E-state index in [-0.39, 0.29) is 6.61 Å². The van der Waals surface area contributed by atoms with Crippen LogP contribution in [0.15, 0.2) is 24.3 Å². The molecular formula is C12H16F2O2. The summed E-state index contributed by atoms with van der Waals surface area (Å²) in [6.45, 7) is 1.47. The third-order valence-electron chi connectivity index (χ3n) is 2.33. The Morgan fingerprint density at radius 1 is 1.31 bits per heavy atom. The van der Waals surface area contributed by atoms with Gasteiger partial charge in [-0.3, -0.25) is 0 Å². The van der Waals surface area contributed by atoms with Gasteiger partial charge in [0.2, 0.25) is 0 Å². The van der Waals surface area contributed by atoms with E-state index in [2.05, 4.69) is 0 Å². The van der Waals surface area contributed by atoms with E-state index in [1.807, 2.05) is 31.2 Å². The van der Waals surface area contributed by atoms with Gasteiger partial charge in [-0.05, 0) is 18.1 Å². The maximum absolute atomic E-state index is 11.8. The largest absolute Gasteiger partial charge is 0.388 e. The van der Waals surface area contributed by atoms with Crippen molar-refractivity contribution in [1.29, 1.82) is 0 Å². The molecule has 0 aromatic heterocycles. The highest BCUT2D eigenvalue weighted by molar-refractivity contribution is 5.27. The number of alkyl halides is 2. The van der Waals surface area contributed by atoms with Gasteiger partial charge in [0.05, 0.1) is 6.10 Å². The predicted octanol–water partition coefficient (Wildman–Crippen LogP) is 2.70. The van der Waals surface area contributed by atoms with E-state index >= 15 is 0 Å². The van der Waals surface area contributed by atoms with Crippen LogP contribution in [0.25, 0.3) is 0 Å². The number of benzene rings is 1. The average Bonchev–Trinajstić information content (AvgIpc) is 2.24. The Balaban J connectivity index is 2.35.